The summed E-state index contributed by atoms with van der Waals surface area (Å²) >= 11 is 5.89. The Hall–Kier alpha value is -3.54. The highest BCUT2D eigenvalue weighted by atomic mass is 35.5. The van der Waals surface area contributed by atoms with Gasteiger partial charge < -0.3 is 26.0 Å². The molecule has 0 saturated heterocycles. The highest BCUT2D eigenvalue weighted by Gasteiger charge is 2.16. The van der Waals surface area contributed by atoms with Crippen molar-refractivity contribution in [1.29, 1.82) is 0 Å². The first-order valence-corrected chi connectivity index (χ1v) is 11.5. The first-order valence-electron chi connectivity index (χ1n) is 11.1. The second-order valence-corrected chi connectivity index (χ2v) is 8.09. The van der Waals surface area contributed by atoms with E-state index in [0.29, 0.717) is 35.6 Å². The Morgan fingerprint density at radius 2 is 1.94 bits per heavy atom. The zero-order valence-corrected chi connectivity index (χ0v) is 20.8. The average molecular weight is 522 g/mol. The van der Waals surface area contributed by atoms with E-state index in [4.69, 9.17) is 21.4 Å². The minimum absolute atomic E-state index is 0.00552. The molecular weight excluding hydrogens is 493 g/mol. The number of carbonyl (C=O) groups is 2. The topological polar surface area (TPSA) is 151 Å². The molecule has 3 rings (SSSR count). The number of anilines is 2. The van der Waals surface area contributed by atoms with Crippen molar-refractivity contribution in [2.45, 2.75) is 26.3 Å². The fraction of sp³-hybridized carbons (Fsp3) is 0.333. The van der Waals surface area contributed by atoms with Crippen LogP contribution in [0.5, 0.6) is 5.75 Å². The molecule has 0 amide bonds. The second-order valence-electron chi connectivity index (χ2n) is 7.69. The van der Waals surface area contributed by atoms with Gasteiger partial charge in [0.2, 0.25) is 0 Å². The van der Waals surface area contributed by atoms with E-state index in [9.17, 15) is 19.1 Å². The number of fused-ring (bicyclic) bond motifs is 1. The lowest BCUT2D eigenvalue weighted by Crippen LogP contribution is -2.30. The van der Waals surface area contributed by atoms with Crippen molar-refractivity contribution >= 4 is 45.9 Å². The van der Waals surface area contributed by atoms with Crippen LogP contribution in [0.15, 0.2) is 36.7 Å². The van der Waals surface area contributed by atoms with Gasteiger partial charge in [0, 0.05) is 23.6 Å². The zero-order valence-electron chi connectivity index (χ0n) is 20.0. The van der Waals surface area contributed by atoms with E-state index in [2.05, 4.69) is 27.9 Å². The van der Waals surface area contributed by atoms with Crippen molar-refractivity contribution in [3.8, 4) is 5.75 Å². The maximum Gasteiger partial charge on any atom is 0.317 e. The largest absolute Gasteiger partial charge is 0.496 e. The summed E-state index contributed by atoms with van der Waals surface area (Å²) < 4.78 is 19.9. The first-order chi connectivity index (χ1) is 17.2. The van der Waals surface area contributed by atoms with Gasteiger partial charge in [-0.3, -0.25) is 14.5 Å². The highest BCUT2D eigenvalue weighted by molar-refractivity contribution is 6.31. The van der Waals surface area contributed by atoms with Gasteiger partial charge in [-0.05, 0) is 31.2 Å². The molecule has 0 aliphatic heterocycles. The molecular formula is C24H29ClFN5O5. The molecule has 0 radical (unpaired) electrons. The Labute approximate surface area is 212 Å². The van der Waals surface area contributed by atoms with Crippen molar-refractivity contribution in [1.82, 2.24) is 14.9 Å². The summed E-state index contributed by atoms with van der Waals surface area (Å²) in [6.45, 7) is 2.73. The molecule has 3 aromatic rings. The molecule has 2 aromatic carbocycles. The van der Waals surface area contributed by atoms with E-state index in [-0.39, 0.29) is 23.8 Å². The number of nitrogens with zero attached hydrogens (tertiary/aromatic N) is 3. The van der Waals surface area contributed by atoms with E-state index in [0.717, 1.165) is 18.4 Å². The van der Waals surface area contributed by atoms with Crippen LogP contribution in [0.1, 0.15) is 25.3 Å². The SMILES string of the molecule is CCCCN(CC(=O)O)Cc1cc2c(Nc3cccc(Cl)c3F)ncnc2cc1OC.NCC(=O)O. The predicted octanol–water partition coefficient (Wildman–Crippen LogP) is 3.89. The summed E-state index contributed by atoms with van der Waals surface area (Å²) in [5.41, 5.74) is 6.17. The van der Waals surface area contributed by atoms with E-state index in [1.165, 1.54) is 12.4 Å². The van der Waals surface area contributed by atoms with Gasteiger partial charge >= 0.3 is 11.9 Å². The van der Waals surface area contributed by atoms with E-state index in [1.807, 2.05) is 11.0 Å². The lowest BCUT2D eigenvalue weighted by Gasteiger charge is -2.22. The molecule has 0 saturated carbocycles. The normalized spacial score (nSPS) is 10.6. The van der Waals surface area contributed by atoms with Gasteiger partial charge in [-0.15, -0.1) is 0 Å². The van der Waals surface area contributed by atoms with Crippen LogP contribution in [0.25, 0.3) is 10.9 Å². The van der Waals surface area contributed by atoms with E-state index >= 15 is 0 Å². The van der Waals surface area contributed by atoms with Crippen LogP contribution in [-0.2, 0) is 16.1 Å². The molecule has 0 fully saturated rings. The predicted molar refractivity (Wildman–Crippen MR) is 135 cm³/mol. The van der Waals surface area contributed by atoms with Crippen LogP contribution in [-0.4, -0.2) is 63.8 Å². The number of ether oxygens (including phenoxy) is 1. The van der Waals surface area contributed by atoms with Crippen molar-refractivity contribution < 1.29 is 28.9 Å². The van der Waals surface area contributed by atoms with Crippen molar-refractivity contribution in [3.63, 3.8) is 0 Å². The Bertz CT molecular complexity index is 1200. The van der Waals surface area contributed by atoms with Gasteiger partial charge in [-0.2, -0.15) is 0 Å². The van der Waals surface area contributed by atoms with Crippen LogP contribution >= 0.6 is 11.6 Å². The van der Waals surface area contributed by atoms with Gasteiger partial charge in [0.15, 0.2) is 5.82 Å². The van der Waals surface area contributed by atoms with Crippen LogP contribution in [0.4, 0.5) is 15.9 Å². The lowest BCUT2D eigenvalue weighted by atomic mass is 10.1. The first kappa shape index (κ1) is 28.7. The third-order valence-electron chi connectivity index (χ3n) is 5.00. The Kier molecular flexibility index (Phi) is 11.3. The number of methoxy groups -OCH3 is 1. The molecule has 12 heteroatoms. The van der Waals surface area contributed by atoms with Crippen LogP contribution < -0.4 is 15.8 Å². The molecule has 10 nitrogen and oxygen atoms in total. The number of carboxylic acid groups (broad SMARTS) is 2. The molecule has 0 bridgehead atoms. The number of nitrogens with two attached hydrogens (primary N) is 1. The Balaban J connectivity index is 0.000000830. The molecule has 1 heterocycles. The molecule has 0 aliphatic carbocycles. The molecule has 5 N–H and O–H groups in total. The highest BCUT2D eigenvalue weighted by Crippen LogP contribution is 2.32. The van der Waals surface area contributed by atoms with Crippen LogP contribution in [0, 0.1) is 5.82 Å². The summed E-state index contributed by atoms with van der Waals surface area (Å²) in [7, 11) is 1.56. The lowest BCUT2D eigenvalue weighted by molar-refractivity contribution is -0.138. The minimum Gasteiger partial charge on any atom is -0.496 e. The number of aromatic nitrogens is 2. The van der Waals surface area contributed by atoms with Gasteiger partial charge in [0.05, 0.1) is 36.4 Å². The van der Waals surface area contributed by atoms with Gasteiger partial charge in [0.1, 0.15) is 17.9 Å². The summed E-state index contributed by atoms with van der Waals surface area (Å²) in [5, 5.41) is 20.5. The van der Waals surface area contributed by atoms with Crippen molar-refractivity contribution in [2.24, 2.45) is 5.73 Å². The molecule has 0 spiro atoms. The molecule has 0 aliphatic rings. The van der Waals surface area contributed by atoms with Crippen molar-refractivity contribution in [2.75, 3.05) is 32.1 Å². The number of hydrogen-bond donors (Lipinski definition) is 4. The number of rotatable bonds is 11. The maximum atomic E-state index is 14.4. The number of carboxylic acids is 2. The fourth-order valence-electron chi connectivity index (χ4n) is 3.30. The van der Waals surface area contributed by atoms with Gasteiger partial charge in [0.25, 0.3) is 0 Å². The number of halogens is 2. The standard InChI is InChI=1S/C22H24ClFN4O3.C2H5NO2/c1-3-4-8-28(12-20(29)30)11-14-9-15-18(10-19(14)31-2)25-13-26-22(15)27-17-7-5-6-16(23)21(17)24;3-1-2(4)5/h5-7,9-10,13H,3-4,8,11-12H2,1-2H3,(H,29,30)(H,25,26,27);1,3H2,(H,4,5). The monoisotopic (exact) mass is 521 g/mol. The van der Waals surface area contributed by atoms with E-state index in [1.54, 1.807) is 25.3 Å². The number of unbranched alkanes of at least 4 members (excludes halogenated alkanes) is 1. The van der Waals surface area contributed by atoms with Crippen molar-refractivity contribution in [3.05, 3.63) is 53.1 Å². The summed E-state index contributed by atoms with van der Waals surface area (Å²) in [4.78, 5) is 30.9. The number of aliphatic carboxylic acids is 2. The molecule has 0 atom stereocenters. The summed E-state index contributed by atoms with van der Waals surface area (Å²) in [6, 6.07) is 8.29. The van der Waals surface area contributed by atoms with Gasteiger partial charge in [-0.25, -0.2) is 14.4 Å². The Morgan fingerprint density at radius 3 is 2.56 bits per heavy atom. The third kappa shape index (κ3) is 8.29. The quantitative estimate of drug-likeness (QED) is 0.292. The minimum atomic E-state index is -0.968. The zero-order chi connectivity index (χ0) is 26.7. The van der Waals surface area contributed by atoms with Crippen LogP contribution in [0.2, 0.25) is 5.02 Å². The molecule has 194 valence electrons. The number of benzene rings is 2. The smallest absolute Gasteiger partial charge is 0.317 e. The van der Waals surface area contributed by atoms with Crippen LogP contribution in [0.3, 0.4) is 0 Å². The van der Waals surface area contributed by atoms with Gasteiger partial charge in [-0.1, -0.05) is 31.0 Å². The molecule has 0 unspecified atom stereocenters. The second kappa shape index (κ2) is 14.1. The Morgan fingerprint density at radius 1 is 1.22 bits per heavy atom. The average Bonchev–Trinajstić information content (AvgIpc) is 2.85. The number of hydrogen-bond acceptors (Lipinski definition) is 8. The summed E-state index contributed by atoms with van der Waals surface area (Å²) in [6.07, 6.45) is 3.22. The number of nitrogens with one attached hydrogen (secondary N) is 1. The fourth-order valence-corrected chi connectivity index (χ4v) is 3.47. The van der Waals surface area contributed by atoms with E-state index < -0.39 is 17.8 Å². The summed E-state index contributed by atoms with van der Waals surface area (Å²) in [5.74, 6) is -1.42. The maximum absolute atomic E-state index is 14.4. The third-order valence-corrected chi connectivity index (χ3v) is 5.29. The molecule has 36 heavy (non-hydrogen) atoms. The molecule has 1 aromatic heterocycles.